The number of ether oxygens (including phenoxy) is 1. The molecular weight excluding hydrogens is 402 g/mol. The van der Waals surface area contributed by atoms with E-state index < -0.39 is 6.10 Å². The van der Waals surface area contributed by atoms with Gasteiger partial charge in [0.15, 0.2) is 6.10 Å². The second-order valence-corrected chi connectivity index (χ2v) is 8.36. The number of nitrogens with one attached hydrogen (secondary N) is 1. The van der Waals surface area contributed by atoms with Crippen LogP contribution in [0.25, 0.3) is 10.8 Å². The number of anilines is 1. The van der Waals surface area contributed by atoms with Crippen LogP contribution in [-0.4, -0.2) is 12.0 Å². The molecule has 0 saturated heterocycles. The lowest BCUT2D eigenvalue weighted by Gasteiger charge is -2.18. The maximum Gasteiger partial charge on any atom is 0.265 e. The summed E-state index contributed by atoms with van der Waals surface area (Å²) in [6.07, 6.45) is 0.0410. The minimum atomic E-state index is -0.547. The van der Waals surface area contributed by atoms with Crippen molar-refractivity contribution in [3.63, 3.8) is 0 Å². The molecule has 0 aliphatic carbocycles. The van der Waals surface area contributed by atoms with Gasteiger partial charge in [0.1, 0.15) is 5.75 Å². The lowest BCUT2D eigenvalue weighted by atomic mass is 10.1. The zero-order chi connectivity index (χ0) is 21.5. The summed E-state index contributed by atoms with van der Waals surface area (Å²) in [5, 5.41) is 5.23. The Bertz CT molecular complexity index is 1140. The van der Waals surface area contributed by atoms with E-state index in [1.807, 2.05) is 73.7 Å². The number of thioether (sulfide) groups is 1. The van der Waals surface area contributed by atoms with Gasteiger partial charge in [-0.25, -0.2) is 0 Å². The molecule has 31 heavy (non-hydrogen) atoms. The van der Waals surface area contributed by atoms with Crippen LogP contribution in [0.3, 0.4) is 0 Å². The summed E-state index contributed by atoms with van der Waals surface area (Å²) in [5.41, 5.74) is 1.99. The summed E-state index contributed by atoms with van der Waals surface area (Å²) in [6.45, 7) is 1.95. The predicted molar refractivity (Wildman–Crippen MR) is 130 cm³/mol. The van der Waals surface area contributed by atoms with Gasteiger partial charge in [-0.3, -0.25) is 4.79 Å². The molecule has 0 fully saturated rings. The third-order valence-corrected chi connectivity index (χ3v) is 6.12. The first kappa shape index (κ1) is 21.0. The van der Waals surface area contributed by atoms with E-state index in [0.717, 1.165) is 22.2 Å². The van der Waals surface area contributed by atoms with Crippen LogP contribution in [0.4, 0.5) is 5.69 Å². The Morgan fingerprint density at radius 2 is 1.58 bits per heavy atom. The van der Waals surface area contributed by atoms with Crippen molar-refractivity contribution < 1.29 is 9.53 Å². The first-order chi connectivity index (χ1) is 15.2. The predicted octanol–water partition coefficient (Wildman–Crippen LogP) is 6.93. The van der Waals surface area contributed by atoms with Gasteiger partial charge in [-0.15, -0.1) is 11.8 Å². The number of hydrogen-bond acceptors (Lipinski definition) is 3. The number of hydrogen-bond donors (Lipinski definition) is 1. The number of benzene rings is 4. The first-order valence-electron chi connectivity index (χ1n) is 10.4. The molecule has 1 amide bonds. The minimum Gasteiger partial charge on any atom is -0.481 e. The lowest BCUT2D eigenvalue weighted by Crippen LogP contribution is -2.32. The van der Waals surface area contributed by atoms with Gasteiger partial charge in [-0.05, 0) is 59.2 Å². The van der Waals surface area contributed by atoms with Gasteiger partial charge in [-0.2, -0.15) is 0 Å². The van der Waals surface area contributed by atoms with E-state index in [1.165, 1.54) is 10.5 Å². The molecule has 4 aromatic rings. The third kappa shape index (κ3) is 5.68. The summed E-state index contributed by atoms with van der Waals surface area (Å²) in [6, 6.07) is 32.4. The van der Waals surface area contributed by atoms with E-state index in [0.29, 0.717) is 12.2 Å². The SMILES string of the molecule is CCC(Oc1ccc2ccccc2c1)C(=O)Nc1ccc(CSc2ccccc2)cc1. The summed E-state index contributed by atoms with van der Waals surface area (Å²) in [4.78, 5) is 14.0. The van der Waals surface area contributed by atoms with Crippen LogP contribution in [-0.2, 0) is 10.5 Å². The van der Waals surface area contributed by atoms with Crippen LogP contribution >= 0.6 is 11.8 Å². The van der Waals surface area contributed by atoms with Crippen molar-refractivity contribution in [1.29, 1.82) is 0 Å². The Hall–Kier alpha value is -3.24. The number of amides is 1. The van der Waals surface area contributed by atoms with Crippen molar-refractivity contribution in [2.24, 2.45) is 0 Å². The Morgan fingerprint density at radius 1 is 0.871 bits per heavy atom. The highest BCUT2D eigenvalue weighted by Crippen LogP contribution is 2.24. The van der Waals surface area contributed by atoms with E-state index >= 15 is 0 Å². The molecule has 1 N–H and O–H groups in total. The highest BCUT2D eigenvalue weighted by atomic mass is 32.2. The first-order valence-corrected chi connectivity index (χ1v) is 11.4. The smallest absolute Gasteiger partial charge is 0.265 e. The molecule has 0 aromatic heterocycles. The van der Waals surface area contributed by atoms with Gasteiger partial charge in [0.25, 0.3) is 5.91 Å². The maximum absolute atomic E-state index is 12.8. The van der Waals surface area contributed by atoms with Gasteiger partial charge < -0.3 is 10.1 Å². The van der Waals surface area contributed by atoms with E-state index in [2.05, 4.69) is 35.6 Å². The van der Waals surface area contributed by atoms with Gasteiger partial charge in [0, 0.05) is 16.3 Å². The summed E-state index contributed by atoms with van der Waals surface area (Å²) in [7, 11) is 0. The Balaban J connectivity index is 1.35. The van der Waals surface area contributed by atoms with E-state index in [-0.39, 0.29) is 5.91 Å². The van der Waals surface area contributed by atoms with Gasteiger partial charge in [-0.1, -0.05) is 67.6 Å². The summed E-state index contributed by atoms with van der Waals surface area (Å²) >= 11 is 1.80. The number of carbonyl (C=O) groups is 1. The Labute approximate surface area is 187 Å². The molecule has 156 valence electrons. The fourth-order valence-corrected chi connectivity index (χ4v) is 4.19. The van der Waals surface area contributed by atoms with Crippen molar-refractivity contribution in [1.82, 2.24) is 0 Å². The zero-order valence-electron chi connectivity index (χ0n) is 17.5. The van der Waals surface area contributed by atoms with Gasteiger partial charge in [0.2, 0.25) is 0 Å². The average Bonchev–Trinajstić information content (AvgIpc) is 2.82. The van der Waals surface area contributed by atoms with Gasteiger partial charge in [0.05, 0.1) is 0 Å². The highest BCUT2D eigenvalue weighted by Gasteiger charge is 2.18. The highest BCUT2D eigenvalue weighted by molar-refractivity contribution is 7.98. The quantitative estimate of drug-likeness (QED) is 0.310. The minimum absolute atomic E-state index is 0.137. The van der Waals surface area contributed by atoms with Crippen LogP contribution in [0, 0.1) is 0 Å². The molecule has 0 heterocycles. The zero-order valence-corrected chi connectivity index (χ0v) is 18.3. The van der Waals surface area contributed by atoms with Crippen molar-refractivity contribution in [3.8, 4) is 5.75 Å². The Kier molecular flexibility index (Phi) is 6.90. The van der Waals surface area contributed by atoms with Crippen LogP contribution in [0.5, 0.6) is 5.75 Å². The van der Waals surface area contributed by atoms with Crippen LogP contribution in [0.1, 0.15) is 18.9 Å². The molecule has 4 rings (SSSR count). The number of fused-ring (bicyclic) bond motifs is 1. The molecule has 4 aromatic carbocycles. The average molecular weight is 428 g/mol. The number of rotatable bonds is 8. The summed E-state index contributed by atoms with van der Waals surface area (Å²) < 4.78 is 6.00. The number of carbonyl (C=O) groups excluding carboxylic acids is 1. The molecule has 0 aliphatic heterocycles. The monoisotopic (exact) mass is 427 g/mol. The molecule has 0 bridgehead atoms. The lowest BCUT2D eigenvalue weighted by molar-refractivity contribution is -0.122. The topological polar surface area (TPSA) is 38.3 Å². The Morgan fingerprint density at radius 3 is 2.32 bits per heavy atom. The second kappa shape index (κ2) is 10.2. The molecule has 1 unspecified atom stereocenters. The standard InChI is InChI=1S/C27H25NO2S/c1-2-26(30-24-17-14-21-8-6-7-9-22(21)18-24)27(29)28-23-15-12-20(13-16-23)19-31-25-10-4-3-5-11-25/h3-18,26H,2,19H2,1H3,(H,28,29). The fourth-order valence-electron chi connectivity index (χ4n) is 3.32. The van der Waals surface area contributed by atoms with Crippen LogP contribution in [0.2, 0.25) is 0 Å². The van der Waals surface area contributed by atoms with E-state index in [9.17, 15) is 4.79 Å². The van der Waals surface area contributed by atoms with Crippen LogP contribution < -0.4 is 10.1 Å². The summed E-state index contributed by atoms with van der Waals surface area (Å²) in [5.74, 6) is 1.46. The van der Waals surface area contributed by atoms with Crippen molar-refractivity contribution in [2.75, 3.05) is 5.32 Å². The molecule has 3 nitrogen and oxygen atoms in total. The van der Waals surface area contributed by atoms with E-state index in [1.54, 1.807) is 11.8 Å². The van der Waals surface area contributed by atoms with Crippen molar-refractivity contribution in [2.45, 2.75) is 30.1 Å². The van der Waals surface area contributed by atoms with Crippen LogP contribution in [0.15, 0.2) is 102 Å². The molecule has 0 spiro atoms. The second-order valence-electron chi connectivity index (χ2n) is 7.31. The van der Waals surface area contributed by atoms with Gasteiger partial charge >= 0.3 is 0 Å². The molecule has 0 radical (unpaired) electrons. The van der Waals surface area contributed by atoms with Crippen molar-refractivity contribution in [3.05, 3.63) is 103 Å². The fraction of sp³-hybridized carbons (Fsp3) is 0.148. The molecular formula is C27H25NO2S. The molecule has 4 heteroatoms. The largest absolute Gasteiger partial charge is 0.481 e. The molecule has 0 saturated carbocycles. The molecule has 1 atom stereocenters. The normalized spacial score (nSPS) is 11.8. The van der Waals surface area contributed by atoms with E-state index in [4.69, 9.17) is 4.74 Å². The molecule has 0 aliphatic rings. The third-order valence-electron chi connectivity index (χ3n) is 5.03. The van der Waals surface area contributed by atoms with Crippen molar-refractivity contribution >= 4 is 34.1 Å². The maximum atomic E-state index is 12.8.